The lowest BCUT2D eigenvalue weighted by Crippen LogP contribution is -2.19. The maximum atomic E-state index is 12.2. The minimum atomic E-state index is -3.06. The second-order valence-corrected chi connectivity index (χ2v) is 9.62. The highest BCUT2D eigenvalue weighted by Gasteiger charge is 2.15. The van der Waals surface area contributed by atoms with Crippen LogP contribution in [0.2, 0.25) is 0 Å². The van der Waals surface area contributed by atoms with Crippen LogP contribution in [0.5, 0.6) is 0 Å². The number of unbranched alkanes of at least 4 members (excludes halogenated alkanes) is 1. The van der Waals surface area contributed by atoms with Crippen molar-refractivity contribution in [2.24, 2.45) is 5.92 Å². The minimum absolute atomic E-state index is 0.0983. The van der Waals surface area contributed by atoms with Gasteiger partial charge in [0.05, 0.1) is 23.4 Å². The molecule has 6 heteroatoms. The molecule has 1 heterocycles. The Balaban J connectivity index is 2.08. The Bertz CT molecular complexity index is 780. The van der Waals surface area contributed by atoms with E-state index in [0.29, 0.717) is 0 Å². The molecule has 0 saturated carbocycles. The van der Waals surface area contributed by atoms with Crippen LogP contribution in [-0.2, 0) is 22.1 Å². The number of rotatable bonds is 10. The van der Waals surface area contributed by atoms with E-state index in [0.717, 1.165) is 35.5 Å². The van der Waals surface area contributed by atoms with Crippen LogP contribution >= 0.6 is 0 Å². The van der Waals surface area contributed by atoms with Gasteiger partial charge in [0.25, 0.3) is 0 Å². The van der Waals surface area contributed by atoms with Crippen molar-refractivity contribution in [2.75, 3.05) is 19.3 Å². The van der Waals surface area contributed by atoms with Gasteiger partial charge in [0.1, 0.15) is 0 Å². The van der Waals surface area contributed by atoms with E-state index in [4.69, 9.17) is 0 Å². The fraction of sp³-hybridized carbons (Fsp3) is 0.550. The van der Waals surface area contributed by atoms with Crippen molar-refractivity contribution < 1.29 is 8.42 Å². The zero-order chi connectivity index (χ0) is 19.2. The number of hydrogen-bond acceptors (Lipinski definition) is 4. The molecular weight excluding hydrogens is 346 g/mol. The molecule has 5 nitrogen and oxygen atoms in total. The van der Waals surface area contributed by atoms with Crippen LogP contribution in [0.15, 0.2) is 30.5 Å². The Morgan fingerprint density at radius 3 is 2.50 bits per heavy atom. The quantitative estimate of drug-likeness (QED) is 0.682. The first-order valence-electron chi connectivity index (χ1n) is 9.31. The molecule has 0 aliphatic heterocycles. The van der Waals surface area contributed by atoms with Gasteiger partial charge in [0, 0.05) is 12.1 Å². The molecule has 0 aliphatic rings. The summed E-state index contributed by atoms with van der Waals surface area (Å²) in [5.74, 6) is 0.474. The molecule has 2 aromatic rings. The van der Waals surface area contributed by atoms with Crippen LogP contribution in [0, 0.1) is 5.92 Å². The predicted molar refractivity (Wildman–Crippen MR) is 108 cm³/mol. The van der Waals surface area contributed by atoms with Gasteiger partial charge < -0.3 is 4.90 Å². The van der Waals surface area contributed by atoms with E-state index in [1.54, 1.807) is 0 Å². The summed E-state index contributed by atoms with van der Waals surface area (Å²) in [7, 11) is -0.940. The number of aromatic amines is 1. The molecule has 1 N–H and O–H groups in total. The van der Waals surface area contributed by atoms with Crippen molar-refractivity contribution in [1.29, 1.82) is 0 Å². The zero-order valence-corrected chi connectivity index (χ0v) is 17.1. The molecule has 0 saturated heterocycles. The molecule has 2 rings (SSSR count). The van der Waals surface area contributed by atoms with Gasteiger partial charge in [-0.05, 0) is 37.1 Å². The normalized spacial score (nSPS) is 12.2. The highest BCUT2D eigenvalue weighted by molar-refractivity contribution is 7.90. The molecule has 0 aliphatic carbocycles. The Kier molecular flexibility index (Phi) is 7.41. The number of aromatic nitrogens is 2. The highest BCUT2D eigenvalue weighted by Crippen LogP contribution is 2.23. The molecule has 0 fully saturated rings. The smallest absolute Gasteiger partial charge is 0.154 e. The second kappa shape index (κ2) is 9.33. The van der Waals surface area contributed by atoms with Crippen molar-refractivity contribution in [3.05, 3.63) is 41.6 Å². The Labute approximate surface area is 157 Å². The monoisotopic (exact) mass is 377 g/mol. The van der Waals surface area contributed by atoms with Crippen molar-refractivity contribution in [1.82, 2.24) is 15.1 Å². The summed E-state index contributed by atoms with van der Waals surface area (Å²) in [5, 5.41) is 7.28. The van der Waals surface area contributed by atoms with Crippen molar-refractivity contribution in [3.8, 4) is 11.3 Å². The van der Waals surface area contributed by atoms with Gasteiger partial charge in [0.2, 0.25) is 0 Å². The van der Waals surface area contributed by atoms with E-state index in [1.807, 2.05) is 44.3 Å². The largest absolute Gasteiger partial charge is 0.302 e. The number of sulfone groups is 1. The molecule has 1 aromatic heterocycles. The summed E-state index contributed by atoms with van der Waals surface area (Å²) >= 11 is 0. The third-order valence-electron chi connectivity index (χ3n) is 4.27. The molecule has 0 spiro atoms. The van der Waals surface area contributed by atoms with E-state index in [9.17, 15) is 8.42 Å². The second-order valence-electron chi connectivity index (χ2n) is 7.51. The Hall–Kier alpha value is -1.66. The summed E-state index contributed by atoms with van der Waals surface area (Å²) in [5.41, 5.74) is 4.02. The maximum Gasteiger partial charge on any atom is 0.154 e. The summed E-state index contributed by atoms with van der Waals surface area (Å²) in [4.78, 5) is 2.30. The molecule has 0 atom stereocenters. The first-order valence-corrected chi connectivity index (χ1v) is 11.1. The Morgan fingerprint density at radius 1 is 1.19 bits per heavy atom. The van der Waals surface area contributed by atoms with E-state index in [1.165, 1.54) is 12.8 Å². The van der Waals surface area contributed by atoms with Gasteiger partial charge in [-0.15, -0.1) is 0 Å². The summed E-state index contributed by atoms with van der Waals surface area (Å²) < 4.78 is 24.3. The lowest BCUT2D eigenvalue weighted by Gasteiger charge is -2.16. The predicted octanol–water partition coefficient (Wildman–Crippen LogP) is 3.88. The lowest BCUT2D eigenvalue weighted by molar-refractivity contribution is 0.321. The first-order chi connectivity index (χ1) is 12.3. The lowest BCUT2D eigenvalue weighted by atomic mass is 10.1. The molecule has 26 heavy (non-hydrogen) atoms. The average molecular weight is 378 g/mol. The molecule has 0 radical (unpaired) electrons. The minimum Gasteiger partial charge on any atom is -0.302 e. The molecule has 1 aromatic carbocycles. The standard InChI is InChI=1S/C20H31N3O2S/c1-5-6-11-23(4)13-19-12-21-22-20(19)18-9-7-17(8-10-18)15-26(24,25)14-16(2)3/h7-10,12,16H,5-6,11,13-15H2,1-4H3,(H,21,22). The topological polar surface area (TPSA) is 66.1 Å². The number of nitrogens with zero attached hydrogens (tertiary/aromatic N) is 2. The van der Waals surface area contributed by atoms with Gasteiger partial charge in [-0.3, -0.25) is 5.10 Å². The highest BCUT2D eigenvalue weighted by atomic mass is 32.2. The van der Waals surface area contributed by atoms with Gasteiger partial charge in [-0.1, -0.05) is 51.5 Å². The summed E-state index contributed by atoms with van der Waals surface area (Å²) in [6.45, 7) is 7.96. The van der Waals surface area contributed by atoms with E-state index in [-0.39, 0.29) is 17.4 Å². The van der Waals surface area contributed by atoms with E-state index in [2.05, 4.69) is 29.1 Å². The van der Waals surface area contributed by atoms with Crippen LogP contribution in [-0.4, -0.2) is 42.9 Å². The van der Waals surface area contributed by atoms with Gasteiger partial charge >= 0.3 is 0 Å². The maximum absolute atomic E-state index is 12.2. The van der Waals surface area contributed by atoms with Gasteiger partial charge in [0.15, 0.2) is 9.84 Å². The molecule has 0 bridgehead atoms. The molecular formula is C20H31N3O2S. The van der Waals surface area contributed by atoms with Crippen LogP contribution in [0.1, 0.15) is 44.7 Å². The first kappa shape index (κ1) is 20.6. The van der Waals surface area contributed by atoms with Crippen LogP contribution in [0.4, 0.5) is 0 Å². The average Bonchev–Trinajstić information content (AvgIpc) is 3.00. The number of hydrogen-bond donors (Lipinski definition) is 1. The van der Waals surface area contributed by atoms with Crippen LogP contribution < -0.4 is 0 Å². The van der Waals surface area contributed by atoms with Gasteiger partial charge in [-0.25, -0.2) is 8.42 Å². The van der Waals surface area contributed by atoms with Crippen molar-refractivity contribution >= 4 is 9.84 Å². The van der Waals surface area contributed by atoms with Crippen molar-refractivity contribution in [2.45, 2.75) is 45.9 Å². The molecule has 0 unspecified atom stereocenters. The van der Waals surface area contributed by atoms with E-state index < -0.39 is 9.84 Å². The number of H-pyrrole nitrogens is 1. The third kappa shape index (κ3) is 6.25. The molecule has 0 amide bonds. The van der Waals surface area contributed by atoms with Gasteiger partial charge in [-0.2, -0.15) is 5.10 Å². The van der Waals surface area contributed by atoms with Crippen LogP contribution in [0.25, 0.3) is 11.3 Å². The number of benzene rings is 1. The Morgan fingerprint density at radius 2 is 1.88 bits per heavy atom. The third-order valence-corrected chi connectivity index (χ3v) is 6.22. The summed E-state index contributed by atoms with van der Waals surface area (Å²) in [6, 6.07) is 7.75. The summed E-state index contributed by atoms with van der Waals surface area (Å²) in [6.07, 6.45) is 4.24. The van der Waals surface area contributed by atoms with Crippen LogP contribution in [0.3, 0.4) is 0 Å². The fourth-order valence-electron chi connectivity index (χ4n) is 3.07. The fourth-order valence-corrected chi connectivity index (χ4v) is 4.90. The molecule has 144 valence electrons. The zero-order valence-electron chi connectivity index (χ0n) is 16.3. The van der Waals surface area contributed by atoms with Crippen molar-refractivity contribution in [3.63, 3.8) is 0 Å². The van der Waals surface area contributed by atoms with E-state index >= 15 is 0 Å². The SMILES string of the molecule is CCCCN(C)Cc1cn[nH]c1-c1ccc(CS(=O)(=O)CC(C)C)cc1. The number of nitrogens with one attached hydrogen (secondary N) is 1.